The molecule has 1 amide bonds. The first-order valence-corrected chi connectivity index (χ1v) is 8.10. The molecule has 0 aromatic carbocycles. The molecule has 0 spiro atoms. The van der Waals surface area contributed by atoms with Crippen LogP contribution in [0.5, 0.6) is 0 Å². The van der Waals surface area contributed by atoms with E-state index in [1.807, 2.05) is 11.8 Å². The van der Waals surface area contributed by atoms with Crippen LogP contribution in [0.4, 0.5) is 0 Å². The number of carboxylic acids is 1. The SMILES string of the molecule is CCC1(C(=O)N2CCSCC2CC(=O)O)CCCN1. The first-order valence-electron chi connectivity index (χ1n) is 6.95. The summed E-state index contributed by atoms with van der Waals surface area (Å²) in [4.78, 5) is 25.6. The monoisotopic (exact) mass is 286 g/mol. The van der Waals surface area contributed by atoms with Gasteiger partial charge < -0.3 is 15.3 Å². The first-order chi connectivity index (χ1) is 9.09. The van der Waals surface area contributed by atoms with Crippen LogP contribution in [0.3, 0.4) is 0 Å². The minimum atomic E-state index is -0.824. The van der Waals surface area contributed by atoms with Crippen molar-refractivity contribution >= 4 is 23.6 Å². The molecule has 2 saturated heterocycles. The van der Waals surface area contributed by atoms with Gasteiger partial charge in [-0.1, -0.05) is 6.92 Å². The fourth-order valence-corrected chi connectivity index (χ4v) is 4.07. The molecule has 2 aliphatic heterocycles. The third kappa shape index (κ3) is 3.05. The molecule has 0 aromatic rings. The molecule has 0 aliphatic carbocycles. The predicted octanol–water partition coefficient (Wildman–Crippen LogP) is 0.937. The van der Waals surface area contributed by atoms with Gasteiger partial charge in [0.15, 0.2) is 0 Å². The highest BCUT2D eigenvalue weighted by molar-refractivity contribution is 7.99. The quantitative estimate of drug-likeness (QED) is 0.805. The van der Waals surface area contributed by atoms with Crippen LogP contribution in [0.15, 0.2) is 0 Å². The predicted molar refractivity (Wildman–Crippen MR) is 75.3 cm³/mol. The van der Waals surface area contributed by atoms with Gasteiger partial charge in [-0.3, -0.25) is 9.59 Å². The number of hydrogen-bond acceptors (Lipinski definition) is 4. The number of nitrogens with zero attached hydrogens (tertiary/aromatic N) is 1. The van der Waals surface area contributed by atoms with Crippen molar-refractivity contribution in [1.29, 1.82) is 0 Å². The van der Waals surface area contributed by atoms with Gasteiger partial charge in [-0.2, -0.15) is 11.8 Å². The van der Waals surface area contributed by atoms with E-state index in [-0.39, 0.29) is 18.4 Å². The van der Waals surface area contributed by atoms with E-state index in [0.29, 0.717) is 6.54 Å². The van der Waals surface area contributed by atoms with Crippen LogP contribution in [-0.4, -0.2) is 58.1 Å². The molecule has 2 rings (SSSR count). The van der Waals surface area contributed by atoms with Gasteiger partial charge in [-0.25, -0.2) is 0 Å². The van der Waals surface area contributed by atoms with E-state index < -0.39 is 11.5 Å². The number of rotatable bonds is 4. The largest absolute Gasteiger partial charge is 0.481 e. The van der Waals surface area contributed by atoms with E-state index in [4.69, 9.17) is 5.11 Å². The second-order valence-corrected chi connectivity index (χ2v) is 6.44. The van der Waals surface area contributed by atoms with Gasteiger partial charge in [0, 0.05) is 18.1 Å². The van der Waals surface area contributed by atoms with Gasteiger partial charge in [0.1, 0.15) is 0 Å². The average Bonchev–Trinajstić information content (AvgIpc) is 2.88. The summed E-state index contributed by atoms with van der Waals surface area (Å²) in [5.74, 6) is 0.925. The van der Waals surface area contributed by atoms with Crippen molar-refractivity contribution < 1.29 is 14.7 Å². The standard InChI is InChI=1S/C13H22N2O3S/c1-2-13(4-3-5-14-13)12(18)15-6-7-19-9-10(15)8-11(16)17/h10,14H,2-9H2,1H3,(H,16,17). The van der Waals surface area contributed by atoms with Crippen molar-refractivity contribution in [3.63, 3.8) is 0 Å². The zero-order valence-electron chi connectivity index (χ0n) is 11.4. The molecule has 0 radical (unpaired) electrons. The van der Waals surface area contributed by atoms with Crippen molar-refractivity contribution in [2.24, 2.45) is 0 Å². The summed E-state index contributed by atoms with van der Waals surface area (Å²) in [5, 5.41) is 12.3. The van der Waals surface area contributed by atoms with E-state index in [1.54, 1.807) is 11.8 Å². The Hall–Kier alpha value is -0.750. The molecule has 2 heterocycles. The first kappa shape index (κ1) is 14.7. The fourth-order valence-electron chi connectivity index (χ4n) is 3.01. The zero-order chi connectivity index (χ0) is 13.9. The number of hydrogen-bond donors (Lipinski definition) is 2. The molecule has 0 aromatic heterocycles. The number of aliphatic carboxylic acids is 1. The number of nitrogens with one attached hydrogen (secondary N) is 1. The Labute approximate surface area is 118 Å². The summed E-state index contributed by atoms with van der Waals surface area (Å²) in [5.41, 5.74) is -0.446. The molecule has 108 valence electrons. The second kappa shape index (κ2) is 6.13. The lowest BCUT2D eigenvalue weighted by Crippen LogP contribution is -2.59. The lowest BCUT2D eigenvalue weighted by Gasteiger charge is -2.40. The smallest absolute Gasteiger partial charge is 0.305 e. The van der Waals surface area contributed by atoms with Crippen LogP contribution in [0.25, 0.3) is 0 Å². The molecule has 19 heavy (non-hydrogen) atoms. The van der Waals surface area contributed by atoms with Crippen molar-refractivity contribution in [3.05, 3.63) is 0 Å². The Bertz CT molecular complexity index is 356. The Morgan fingerprint density at radius 2 is 2.32 bits per heavy atom. The highest BCUT2D eigenvalue weighted by atomic mass is 32.2. The van der Waals surface area contributed by atoms with Gasteiger partial charge >= 0.3 is 5.97 Å². The summed E-state index contributed by atoms with van der Waals surface area (Å²) >= 11 is 1.74. The maximum atomic E-state index is 12.8. The van der Waals surface area contributed by atoms with Crippen molar-refractivity contribution in [1.82, 2.24) is 10.2 Å². The minimum Gasteiger partial charge on any atom is -0.481 e. The van der Waals surface area contributed by atoms with Crippen LogP contribution in [0.1, 0.15) is 32.6 Å². The summed E-state index contributed by atoms with van der Waals surface area (Å²) in [7, 11) is 0. The molecular weight excluding hydrogens is 264 g/mol. The van der Waals surface area contributed by atoms with Gasteiger partial charge in [-0.05, 0) is 25.8 Å². The number of carbonyl (C=O) groups is 2. The molecule has 2 fully saturated rings. The van der Waals surface area contributed by atoms with Crippen molar-refractivity contribution in [2.45, 2.75) is 44.2 Å². The van der Waals surface area contributed by atoms with E-state index in [0.717, 1.165) is 37.3 Å². The minimum absolute atomic E-state index is 0.0541. The van der Waals surface area contributed by atoms with Gasteiger partial charge in [0.25, 0.3) is 0 Å². The van der Waals surface area contributed by atoms with Gasteiger partial charge in [0.05, 0.1) is 18.0 Å². The maximum Gasteiger partial charge on any atom is 0.305 e. The Balaban J connectivity index is 2.12. The second-order valence-electron chi connectivity index (χ2n) is 5.29. The molecule has 2 atom stereocenters. The Morgan fingerprint density at radius 1 is 1.53 bits per heavy atom. The van der Waals surface area contributed by atoms with E-state index in [9.17, 15) is 9.59 Å². The Morgan fingerprint density at radius 3 is 2.89 bits per heavy atom. The number of carbonyl (C=O) groups excluding carboxylic acids is 1. The fraction of sp³-hybridized carbons (Fsp3) is 0.846. The van der Waals surface area contributed by atoms with Crippen molar-refractivity contribution in [2.75, 3.05) is 24.6 Å². The van der Waals surface area contributed by atoms with Crippen LogP contribution in [0, 0.1) is 0 Å². The van der Waals surface area contributed by atoms with E-state index in [2.05, 4.69) is 5.32 Å². The van der Waals surface area contributed by atoms with Gasteiger partial charge in [-0.15, -0.1) is 0 Å². The molecule has 2 N–H and O–H groups in total. The number of carboxylic acid groups (broad SMARTS) is 1. The lowest BCUT2D eigenvalue weighted by atomic mass is 9.91. The summed E-state index contributed by atoms with van der Waals surface area (Å²) in [6, 6.07) is -0.158. The van der Waals surface area contributed by atoms with Gasteiger partial charge in [0.2, 0.25) is 5.91 Å². The molecule has 6 heteroatoms. The topological polar surface area (TPSA) is 69.6 Å². The molecule has 2 aliphatic rings. The third-order valence-corrected chi connectivity index (χ3v) is 5.25. The highest BCUT2D eigenvalue weighted by Crippen LogP contribution is 2.29. The Kier molecular flexibility index (Phi) is 4.73. The maximum absolute atomic E-state index is 12.8. The highest BCUT2D eigenvalue weighted by Gasteiger charge is 2.44. The van der Waals surface area contributed by atoms with Crippen LogP contribution < -0.4 is 5.32 Å². The normalized spacial score (nSPS) is 31.4. The summed E-state index contributed by atoms with van der Waals surface area (Å²) in [6.45, 7) is 3.58. The van der Waals surface area contributed by atoms with Crippen LogP contribution in [-0.2, 0) is 9.59 Å². The third-order valence-electron chi connectivity index (χ3n) is 4.16. The van der Waals surface area contributed by atoms with E-state index >= 15 is 0 Å². The van der Waals surface area contributed by atoms with Crippen molar-refractivity contribution in [3.8, 4) is 0 Å². The van der Waals surface area contributed by atoms with Crippen LogP contribution >= 0.6 is 11.8 Å². The average molecular weight is 286 g/mol. The lowest BCUT2D eigenvalue weighted by molar-refractivity contribution is -0.143. The molecular formula is C13H22N2O3S. The summed E-state index contributed by atoms with van der Waals surface area (Å²) < 4.78 is 0. The number of amides is 1. The molecule has 0 saturated carbocycles. The summed E-state index contributed by atoms with van der Waals surface area (Å²) in [6.07, 6.45) is 2.71. The number of thioether (sulfide) groups is 1. The van der Waals surface area contributed by atoms with Crippen LogP contribution in [0.2, 0.25) is 0 Å². The van der Waals surface area contributed by atoms with E-state index in [1.165, 1.54) is 0 Å². The molecule has 0 bridgehead atoms. The zero-order valence-corrected chi connectivity index (χ0v) is 12.2. The molecule has 2 unspecified atom stereocenters. The molecule has 5 nitrogen and oxygen atoms in total.